The SMILES string of the molecule is O=S(=O)(c1c(F)c(F)c(F)c(F)c1F)N(Cc1cnn(-c2ccc(N3CCOCC3)cn2)c1)C1CC1. The van der Waals surface area contributed by atoms with Crippen molar-refractivity contribution >= 4 is 15.7 Å². The van der Waals surface area contributed by atoms with E-state index in [0.717, 1.165) is 23.1 Å². The molecule has 192 valence electrons. The molecule has 0 N–H and O–H groups in total. The fraction of sp³-hybridized carbons (Fsp3) is 0.364. The normalized spacial score (nSPS) is 16.7. The zero-order chi connectivity index (χ0) is 25.6. The van der Waals surface area contributed by atoms with Gasteiger partial charge in [-0.15, -0.1) is 0 Å². The molecule has 0 unspecified atom stereocenters. The van der Waals surface area contributed by atoms with Gasteiger partial charge in [0.15, 0.2) is 34.0 Å². The summed E-state index contributed by atoms with van der Waals surface area (Å²) in [6.45, 7) is 2.34. The van der Waals surface area contributed by atoms with Gasteiger partial charge in [0.05, 0.1) is 31.3 Å². The standard InChI is InChI=1S/C22H20F5N5O3S/c23-17-18(24)20(26)22(21(27)19(17)25)36(33,34)32(14-1-2-14)12-13-9-29-31(11-13)16-4-3-15(10-28-16)30-5-7-35-8-6-30/h3-4,9-11,14H,1-2,5-8,12H2. The lowest BCUT2D eigenvalue weighted by Gasteiger charge is -2.28. The molecule has 1 saturated heterocycles. The van der Waals surface area contributed by atoms with E-state index in [4.69, 9.17) is 4.74 Å². The molecule has 1 aliphatic carbocycles. The highest BCUT2D eigenvalue weighted by atomic mass is 32.2. The Labute approximate surface area is 203 Å². The summed E-state index contributed by atoms with van der Waals surface area (Å²) in [4.78, 5) is 4.63. The van der Waals surface area contributed by atoms with E-state index in [1.165, 1.54) is 17.1 Å². The van der Waals surface area contributed by atoms with Crippen LogP contribution in [0.1, 0.15) is 18.4 Å². The van der Waals surface area contributed by atoms with Crippen molar-refractivity contribution in [1.82, 2.24) is 19.1 Å². The zero-order valence-electron chi connectivity index (χ0n) is 18.7. The average Bonchev–Trinajstić information content (AvgIpc) is 3.62. The first-order valence-electron chi connectivity index (χ1n) is 11.0. The molecule has 3 heterocycles. The fourth-order valence-corrected chi connectivity index (χ4v) is 5.76. The van der Waals surface area contributed by atoms with Crippen LogP contribution >= 0.6 is 0 Å². The summed E-state index contributed by atoms with van der Waals surface area (Å²) >= 11 is 0. The molecule has 1 saturated carbocycles. The third-order valence-electron chi connectivity index (χ3n) is 6.01. The summed E-state index contributed by atoms with van der Waals surface area (Å²) in [5.74, 6) is -11.4. The van der Waals surface area contributed by atoms with Gasteiger partial charge in [-0.05, 0) is 25.0 Å². The number of anilines is 1. The number of halogens is 5. The monoisotopic (exact) mass is 529 g/mol. The average molecular weight is 529 g/mol. The van der Waals surface area contributed by atoms with Crippen LogP contribution in [0, 0.1) is 29.1 Å². The molecule has 2 aliphatic rings. The van der Waals surface area contributed by atoms with E-state index in [1.807, 2.05) is 6.07 Å². The lowest BCUT2D eigenvalue weighted by atomic mass is 10.3. The van der Waals surface area contributed by atoms with E-state index in [2.05, 4.69) is 15.0 Å². The molecule has 1 aromatic carbocycles. The Morgan fingerprint density at radius 2 is 1.58 bits per heavy atom. The number of morpholine rings is 1. The minimum Gasteiger partial charge on any atom is -0.378 e. The van der Waals surface area contributed by atoms with Gasteiger partial charge >= 0.3 is 0 Å². The van der Waals surface area contributed by atoms with Crippen molar-refractivity contribution in [2.24, 2.45) is 0 Å². The predicted molar refractivity (Wildman–Crippen MR) is 116 cm³/mol. The second-order valence-electron chi connectivity index (χ2n) is 8.45. The third kappa shape index (κ3) is 4.44. The topological polar surface area (TPSA) is 80.6 Å². The highest BCUT2D eigenvalue weighted by Crippen LogP contribution is 2.36. The van der Waals surface area contributed by atoms with Crippen molar-refractivity contribution in [1.29, 1.82) is 0 Å². The zero-order valence-corrected chi connectivity index (χ0v) is 19.5. The Balaban J connectivity index is 1.40. The Kier molecular flexibility index (Phi) is 6.43. The maximum Gasteiger partial charge on any atom is 0.249 e. The van der Waals surface area contributed by atoms with Crippen LogP contribution < -0.4 is 4.90 Å². The van der Waals surface area contributed by atoms with Gasteiger partial charge < -0.3 is 9.64 Å². The number of hydrogen-bond acceptors (Lipinski definition) is 6. The molecule has 0 amide bonds. The highest BCUT2D eigenvalue weighted by molar-refractivity contribution is 7.89. The van der Waals surface area contributed by atoms with Crippen molar-refractivity contribution in [3.05, 3.63) is 65.4 Å². The molecule has 2 fully saturated rings. The molecular weight excluding hydrogens is 509 g/mol. The van der Waals surface area contributed by atoms with E-state index >= 15 is 0 Å². The number of hydrogen-bond donors (Lipinski definition) is 0. The third-order valence-corrected chi connectivity index (χ3v) is 7.93. The van der Waals surface area contributed by atoms with Crippen LogP contribution in [0.15, 0.2) is 35.6 Å². The molecule has 2 aromatic heterocycles. The van der Waals surface area contributed by atoms with Gasteiger partial charge in [0.1, 0.15) is 0 Å². The van der Waals surface area contributed by atoms with Crippen LogP contribution in [0.4, 0.5) is 27.6 Å². The lowest BCUT2D eigenvalue weighted by molar-refractivity contribution is 0.122. The van der Waals surface area contributed by atoms with Gasteiger partial charge in [-0.2, -0.15) is 9.40 Å². The van der Waals surface area contributed by atoms with Gasteiger partial charge in [0, 0.05) is 37.4 Å². The fourth-order valence-electron chi connectivity index (χ4n) is 3.97. The van der Waals surface area contributed by atoms with Crippen LogP contribution in [0.2, 0.25) is 0 Å². The number of benzene rings is 1. The number of ether oxygens (including phenoxy) is 1. The summed E-state index contributed by atoms with van der Waals surface area (Å²) in [7, 11) is -5.06. The molecule has 14 heteroatoms. The molecule has 0 atom stereocenters. The van der Waals surface area contributed by atoms with Crippen molar-refractivity contribution in [2.45, 2.75) is 30.3 Å². The molecule has 36 heavy (non-hydrogen) atoms. The first-order chi connectivity index (χ1) is 17.2. The largest absolute Gasteiger partial charge is 0.378 e. The maximum absolute atomic E-state index is 14.3. The molecule has 1 aliphatic heterocycles. The molecule has 0 bridgehead atoms. The van der Waals surface area contributed by atoms with Crippen molar-refractivity contribution in [3.63, 3.8) is 0 Å². The first kappa shape index (κ1) is 24.6. The molecule has 8 nitrogen and oxygen atoms in total. The summed E-state index contributed by atoms with van der Waals surface area (Å²) in [6.07, 6.45) is 5.27. The second-order valence-corrected chi connectivity index (χ2v) is 10.3. The van der Waals surface area contributed by atoms with Gasteiger partial charge in [-0.25, -0.2) is 40.0 Å². The smallest absolute Gasteiger partial charge is 0.249 e. The minimum atomic E-state index is -5.06. The quantitative estimate of drug-likeness (QED) is 0.266. The summed E-state index contributed by atoms with van der Waals surface area (Å²) in [5.41, 5.74) is 1.25. The van der Waals surface area contributed by atoms with E-state index in [-0.39, 0.29) is 6.54 Å². The number of rotatable bonds is 7. The first-order valence-corrected chi connectivity index (χ1v) is 12.5. The number of aromatic nitrogens is 3. The molecular formula is C22H20F5N5O3S. The summed E-state index contributed by atoms with van der Waals surface area (Å²) in [5, 5.41) is 4.17. The van der Waals surface area contributed by atoms with Gasteiger partial charge in [-0.3, -0.25) is 0 Å². The second kappa shape index (κ2) is 9.41. The van der Waals surface area contributed by atoms with Gasteiger partial charge in [-0.1, -0.05) is 0 Å². The van der Waals surface area contributed by atoms with Crippen molar-refractivity contribution in [2.75, 3.05) is 31.2 Å². The van der Waals surface area contributed by atoms with E-state index < -0.39 is 50.0 Å². The van der Waals surface area contributed by atoms with Crippen LogP contribution in [0.3, 0.4) is 0 Å². The maximum atomic E-state index is 14.3. The van der Waals surface area contributed by atoms with Gasteiger partial charge in [0.25, 0.3) is 0 Å². The van der Waals surface area contributed by atoms with Gasteiger partial charge in [0.2, 0.25) is 15.8 Å². The minimum absolute atomic E-state index is 0.341. The number of pyridine rings is 1. The lowest BCUT2D eigenvalue weighted by Crippen LogP contribution is -2.36. The van der Waals surface area contributed by atoms with Crippen LogP contribution in [0.25, 0.3) is 5.82 Å². The molecule has 0 spiro atoms. The summed E-state index contributed by atoms with van der Waals surface area (Å²) in [6, 6.07) is 2.95. The van der Waals surface area contributed by atoms with Crippen LogP contribution in [-0.2, 0) is 21.3 Å². The van der Waals surface area contributed by atoms with Crippen LogP contribution in [-0.4, -0.2) is 59.8 Å². The van der Waals surface area contributed by atoms with Crippen molar-refractivity contribution < 1.29 is 35.1 Å². The van der Waals surface area contributed by atoms with E-state index in [1.54, 1.807) is 12.3 Å². The van der Waals surface area contributed by atoms with Crippen molar-refractivity contribution in [3.8, 4) is 5.82 Å². The van der Waals surface area contributed by atoms with E-state index in [9.17, 15) is 30.4 Å². The number of sulfonamides is 1. The molecule has 0 radical (unpaired) electrons. The van der Waals surface area contributed by atoms with Crippen LogP contribution in [0.5, 0.6) is 0 Å². The Morgan fingerprint density at radius 3 is 2.17 bits per heavy atom. The molecule has 5 rings (SSSR count). The summed E-state index contributed by atoms with van der Waals surface area (Å²) < 4.78 is 103. The predicted octanol–water partition coefficient (Wildman–Crippen LogP) is 3.15. The molecule has 3 aromatic rings. The Bertz CT molecular complexity index is 1360. The Morgan fingerprint density at radius 1 is 0.944 bits per heavy atom. The number of nitrogens with zero attached hydrogens (tertiary/aromatic N) is 5. The van der Waals surface area contributed by atoms with E-state index in [0.29, 0.717) is 37.4 Å². The highest BCUT2D eigenvalue weighted by Gasteiger charge is 2.43. The Hall–Kier alpha value is -3.10.